The molecule has 2 aromatic rings. The first kappa shape index (κ1) is 19.4. The third-order valence-corrected chi connectivity index (χ3v) is 5.85. The number of fused-ring (bicyclic) bond motifs is 1. The second-order valence-electron chi connectivity index (χ2n) is 6.97. The predicted octanol–water partition coefficient (Wildman–Crippen LogP) is 2.89. The van der Waals surface area contributed by atoms with E-state index in [-0.39, 0.29) is 12.0 Å². The maximum absolute atomic E-state index is 12.3. The molecule has 0 fully saturated rings. The largest absolute Gasteiger partial charge is 0.462 e. The maximum atomic E-state index is 12.3. The van der Waals surface area contributed by atoms with Crippen LogP contribution >= 0.6 is 0 Å². The first-order valence-corrected chi connectivity index (χ1v) is 10.8. The Hall–Kier alpha value is -2.41. The number of ether oxygens (including phenoxy) is 1. The van der Waals surface area contributed by atoms with Crippen LogP contribution in [0.4, 0.5) is 5.69 Å². The number of pyridine rings is 1. The Morgan fingerprint density at radius 3 is 2.78 bits per heavy atom. The summed E-state index contributed by atoms with van der Waals surface area (Å²) >= 11 is 0. The predicted molar refractivity (Wildman–Crippen MR) is 105 cm³/mol. The van der Waals surface area contributed by atoms with E-state index in [1.54, 1.807) is 18.2 Å². The van der Waals surface area contributed by atoms with E-state index in [4.69, 9.17) is 4.74 Å². The van der Waals surface area contributed by atoms with Crippen molar-refractivity contribution in [2.24, 2.45) is 0 Å². The highest BCUT2D eigenvalue weighted by atomic mass is 32.2. The number of anilines is 1. The average molecular weight is 388 g/mol. The zero-order chi connectivity index (χ0) is 19.6. The Balaban J connectivity index is 1.59. The first-order chi connectivity index (χ1) is 12.8. The zero-order valence-corrected chi connectivity index (χ0v) is 16.6. The van der Waals surface area contributed by atoms with Gasteiger partial charge in [0.1, 0.15) is 0 Å². The van der Waals surface area contributed by atoms with Crippen molar-refractivity contribution in [3.63, 3.8) is 0 Å². The van der Waals surface area contributed by atoms with Gasteiger partial charge in [-0.05, 0) is 69.0 Å². The Bertz CT molecular complexity index is 956. The van der Waals surface area contributed by atoms with Crippen LogP contribution in [0, 0.1) is 6.92 Å². The SMILES string of the molecule is Cc1cccc(CCCOC(=O)c2ccc3c(c2)CC(C)N3S(C)(=O)=O)n1. The van der Waals surface area contributed by atoms with Crippen LogP contribution < -0.4 is 4.31 Å². The van der Waals surface area contributed by atoms with E-state index in [0.29, 0.717) is 30.7 Å². The van der Waals surface area contributed by atoms with Crippen LogP contribution in [0.25, 0.3) is 0 Å². The molecule has 0 saturated heterocycles. The number of aromatic nitrogens is 1. The summed E-state index contributed by atoms with van der Waals surface area (Å²) in [5, 5.41) is 0. The third kappa shape index (κ3) is 4.47. The summed E-state index contributed by atoms with van der Waals surface area (Å²) < 4.78 is 30.7. The molecule has 0 spiro atoms. The van der Waals surface area contributed by atoms with Crippen molar-refractivity contribution in [2.45, 2.75) is 39.2 Å². The maximum Gasteiger partial charge on any atom is 0.338 e. The molecule has 1 unspecified atom stereocenters. The summed E-state index contributed by atoms with van der Waals surface area (Å²) in [5.74, 6) is -0.388. The van der Waals surface area contributed by atoms with Crippen molar-refractivity contribution in [3.8, 4) is 0 Å². The van der Waals surface area contributed by atoms with Gasteiger partial charge in [-0.25, -0.2) is 13.2 Å². The fourth-order valence-electron chi connectivity index (χ4n) is 3.48. The molecule has 0 saturated carbocycles. The van der Waals surface area contributed by atoms with Crippen molar-refractivity contribution >= 4 is 21.7 Å². The fourth-order valence-corrected chi connectivity index (χ4v) is 4.74. The summed E-state index contributed by atoms with van der Waals surface area (Å²) in [6.45, 7) is 4.12. The molecule has 1 aliphatic rings. The summed E-state index contributed by atoms with van der Waals surface area (Å²) in [7, 11) is -3.33. The lowest BCUT2D eigenvalue weighted by Gasteiger charge is -2.21. The molecule has 1 aromatic carbocycles. The van der Waals surface area contributed by atoms with E-state index in [1.165, 1.54) is 10.6 Å². The molecule has 6 nitrogen and oxygen atoms in total. The van der Waals surface area contributed by atoms with Crippen LogP contribution in [-0.4, -0.2) is 38.3 Å². The van der Waals surface area contributed by atoms with Gasteiger partial charge in [-0.2, -0.15) is 0 Å². The van der Waals surface area contributed by atoms with E-state index in [0.717, 1.165) is 23.4 Å². The third-order valence-electron chi connectivity index (χ3n) is 4.58. The van der Waals surface area contributed by atoms with Gasteiger partial charge in [0.2, 0.25) is 10.0 Å². The Morgan fingerprint density at radius 2 is 2.07 bits per heavy atom. The zero-order valence-electron chi connectivity index (χ0n) is 15.8. The van der Waals surface area contributed by atoms with E-state index in [9.17, 15) is 13.2 Å². The molecule has 144 valence electrons. The second-order valence-corrected chi connectivity index (χ2v) is 8.82. The Kier molecular flexibility index (Phi) is 5.51. The lowest BCUT2D eigenvalue weighted by atomic mass is 10.1. The highest BCUT2D eigenvalue weighted by Gasteiger charge is 2.32. The van der Waals surface area contributed by atoms with Gasteiger partial charge in [0.05, 0.1) is 24.1 Å². The van der Waals surface area contributed by atoms with E-state index >= 15 is 0 Å². The van der Waals surface area contributed by atoms with Crippen LogP contribution in [0.5, 0.6) is 0 Å². The Labute approximate surface area is 160 Å². The molecule has 2 heterocycles. The molecule has 3 rings (SSSR count). The number of carbonyl (C=O) groups excluding carboxylic acids is 1. The number of hydrogen-bond donors (Lipinski definition) is 0. The molecule has 1 aliphatic heterocycles. The molecular weight excluding hydrogens is 364 g/mol. The average Bonchev–Trinajstić information content (AvgIpc) is 2.93. The molecule has 1 aromatic heterocycles. The minimum atomic E-state index is -3.33. The number of rotatable bonds is 6. The number of benzene rings is 1. The number of sulfonamides is 1. The summed E-state index contributed by atoms with van der Waals surface area (Å²) in [5.41, 5.74) is 3.90. The number of esters is 1. The van der Waals surface area contributed by atoms with E-state index in [2.05, 4.69) is 4.98 Å². The van der Waals surface area contributed by atoms with Crippen LogP contribution in [0.2, 0.25) is 0 Å². The molecule has 0 amide bonds. The van der Waals surface area contributed by atoms with Gasteiger partial charge >= 0.3 is 5.97 Å². The van der Waals surface area contributed by atoms with Crippen molar-refractivity contribution in [1.29, 1.82) is 0 Å². The van der Waals surface area contributed by atoms with Gasteiger partial charge in [-0.1, -0.05) is 6.07 Å². The highest BCUT2D eigenvalue weighted by Crippen LogP contribution is 2.34. The van der Waals surface area contributed by atoms with Gasteiger partial charge in [0, 0.05) is 17.4 Å². The van der Waals surface area contributed by atoms with Crippen molar-refractivity contribution < 1.29 is 17.9 Å². The lowest BCUT2D eigenvalue weighted by Crippen LogP contribution is -2.34. The van der Waals surface area contributed by atoms with Gasteiger partial charge in [0.25, 0.3) is 0 Å². The molecular formula is C20H24N2O4S. The van der Waals surface area contributed by atoms with E-state index < -0.39 is 10.0 Å². The monoisotopic (exact) mass is 388 g/mol. The molecule has 1 atom stereocenters. The van der Waals surface area contributed by atoms with Crippen LogP contribution in [0.3, 0.4) is 0 Å². The lowest BCUT2D eigenvalue weighted by molar-refractivity contribution is 0.0500. The van der Waals surface area contributed by atoms with E-state index in [1.807, 2.05) is 32.0 Å². The molecule has 0 bridgehead atoms. The first-order valence-electron chi connectivity index (χ1n) is 8.97. The molecule has 7 heteroatoms. The number of carbonyl (C=O) groups is 1. The standard InChI is InChI=1S/C20H24N2O4S/c1-14-6-4-7-18(21-14)8-5-11-26-20(23)16-9-10-19-17(13-16)12-15(2)22(19)27(3,24)25/h4,6-7,9-10,13,15H,5,8,11-12H2,1-3H3. The summed E-state index contributed by atoms with van der Waals surface area (Å²) in [4.78, 5) is 16.7. The number of nitrogens with zero attached hydrogens (tertiary/aromatic N) is 2. The summed E-state index contributed by atoms with van der Waals surface area (Å²) in [6, 6.07) is 10.8. The number of hydrogen-bond acceptors (Lipinski definition) is 5. The van der Waals surface area contributed by atoms with Crippen LogP contribution in [-0.2, 0) is 27.6 Å². The van der Waals surface area contributed by atoms with Crippen LogP contribution in [0.1, 0.15) is 40.7 Å². The van der Waals surface area contributed by atoms with Crippen molar-refractivity contribution in [3.05, 3.63) is 58.9 Å². The molecule has 0 N–H and O–H groups in total. The fraction of sp³-hybridized carbons (Fsp3) is 0.400. The normalized spacial score (nSPS) is 16.3. The topological polar surface area (TPSA) is 76.6 Å². The second kappa shape index (κ2) is 7.68. The van der Waals surface area contributed by atoms with Crippen LogP contribution in [0.15, 0.2) is 36.4 Å². The van der Waals surface area contributed by atoms with Gasteiger partial charge in [-0.15, -0.1) is 0 Å². The van der Waals surface area contributed by atoms with Gasteiger partial charge in [-0.3, -0.25) is 9.29 Å². The Morgan fingerprint density at radius 1 is 1.30 bits per heavy atom. The van der Waals surface area contributed by atoms with Gasteiger partial charge in [0.15, 0.2) is 0 Å². The molecule has 27 heavy (non-hydrogen) atoms. The van der Waals surface area contributed by atoms with Gasteiger partial charge < -0.3 is 4.74 Å². The molecule has 0 aliphatic carbocycles. The summed E-state index contributed by atoms with van der Waals surface area (Å²) in [6.07, 6.45) is 3.23. The minimum Gasteiger partial charge on any atom is -0.462 e. The van der Waals surface area contributed by atoms with Crippen molar-refractivity contribution in [1.82, 2.24) is 4.98 Å². The van der Waals surface area contributed by atoms with Crippen molar-refractivity contribution in [2.75, 3.05) is 17.2 Å². The smallest absolute Gasteiger partial charge is 0.338 e. The highest BCUT2D eigenvalue weighted by molar-refractivity contribution is 7.92. The quantitative estimate of drug-likeness (QED) is 0.562. The minimum absolute atomic E-state index is 0.150. The number of aryl methyl sites for hydroxylation is 2. The molecule has 0 radical (unpaired) electrons.